The van der Waals surface area contributed by atoms with Gasteiger partial charge in [-0.15, -0.1) is 0 Å². The van der Waals surface area contributed by atoms with Gasteiger partial charge in [0.15, 0.2) is 0 Å². The Kier molecular flexibility index (Phi) is 7.38. The van der Waals surface area contributed by atoms with E-state index in [1.165, 1.54) is 12.1 Å². The van der Waals surface area contributed by atoms with Crippen molar-refractivity contribution in [2.75, 3.05) is 20.1 Å². The number of hydrogen-bond acceptors (Lipinski definition) is 2. The minimum Gasteiger partial charge on any atom is -0.331 e. The Labute approximate surface area is 181 Å². The molecular formula is C22H26Cl2FN3O. The van der Waals surface area contributed by atoms with Crippen LogP contribution in [0.25, 0.3) is 0 Å². The van der Waals surface area contributed by atoms with Crippen molar-refractivity contribution >= 4 is 29.2 Å². The Morgan fingerprint density at radius 3 is 2.52 bits per heavy atom. The molecule has 7 heteroatoms. The van der Waals surface area contributed by atoms with Gasteiger partial charge in [0.25, 0.3) is 0 Å². The third-order valence-corrected chi connectivity index (χ3v) is 6.28. The van der Waals surface area contributed by atoms with Gasteiger partial charge >= 0.3 is 6.03 Å². The standard InChI is InChI=1S/C22H26Cl2FN3O/c1-15(19-4-3-5-20(23)21(19)24)26-22(29)28(18-10-12-27(2)13-11-18)14-16-6-8-17(25)9-7-16/h3-9,15,18H,10-14H2,1-2H3,(H,26,29). The average Bonchev–Trinajstić information content (AvgIpc) is 2.70. The average molecular weight is 438 g/mol. The number of likely N-dealkylation sites (tertiary alicyclic amines) is 1. The second-order valence-electron chi connectivity index (χ2n) is 7.60. The molecule has 1 aliphatic rings. The van der Waals surface area contributed by atoms with Crippen LogP contribution in [0.15, 0.2) is 42.5 Å². The van der Waals surface area contributed by atoms with E-state index < -0.39 is 0 Å². The second-order valence-corrected chi connectivity index (χ2v) is 8.39. The summed E-state index contributed by atoms with van der Waals surface area (Å²) in [5.74, 6) is -0.284. The smallest absolute Gasteiger partial charge is 0.318 e. The number of benzene rings is 2. The molecular weight excluding hydrogens is 412 g/mol. The molecule has 1 unspecified atom stereocenters. The van der Waals surface area contributed by atoms with Gasteiger partial charge in [-0.05, 0) is 69.2 Å². The van der Waals surface area contributed by atoms with E-state index in [0.29, 0.717) is 16.6 Å². The summed E-state index contributed by atoms with van der Waals surface area (Å²) in [6, 6.07) is 11.4. The quantitative estimate of drug-likeness (QED) is 0.669. The Morgan fingerprint density at radius 1 is 1.21 bits per heavy atom. The van der Waals surface area contributed by atoms with Crippen LogP contribution >= 0.6 is 23.2 Å². The molecule has 1 fully saturated rings. The van der Waals surface area contributed by atoms with Gasteiger partial charge in [0.2, 0.25) is 0 Å². The van der Waals surface area contributed by atoms with Gasteiger partial charge in [0.05, 0.1) is 16.1 Å². The van der Waals surface area contributed by atoms with E-state index in [9.17, 15) is 9.18 Å². The van der Waals surface area contributed by atoms with Crippen molar-refractivity contribution in [3.63, 3.8) is 0 Å². The third kappa shape index (κ3) is 5.62. The van der Waals surface area contributed by atoms with Crippen LogP contribution in [0.4, 0.5) is 9.18 Å². The van der Waals surface area contributed by atoms with E-state index in [-0.39, 0.29) is 23.9 Å². The molecule has 0 spiro atoms. The summed E-state index contributed by atoms with van der Waals surface area (Å²) in [7, 11) is 2.09. The number of rotatable bonds is 5. The first-order chi connectivity index (χ1) is 13.8. The zero-order chi connectivity index (χ0) is 21.0. The lowest BCUT2D eigenvalue weighted by atomic mass is 10.0. The fraction of sp³-hybridized carbons (Fsp3) is 0.409. The van der Waals surface area contributed by atoms with Gasteiger partial charge in [0, 0.05) is 12.6 Å². The maximum atomic E-state index is 13.3. The molecule has 0 radical (unpaired) electrons. The van der Waals surface area contributed by atoms with Crippen LogP contribution in [0.3, 0.4) is 0 Å². The highest BCUT2D eigenvalue weighted by molar-refractivity contribution is 6.42. The van der Waals surface area contributed by atoms with E-state index in [1.54, 1.807) is 18.2 Å². The predicted octanol–water partition coefficient (Wildman–Crippen LogP) is 5.50. The maximum Gasteiger partial charge on any atom is 0.318 e. The number of piperidine rings is 1. The molecule has 156 valence electrons. The van der Waals surface area contributed by atoms with Gasteiger partial charge in [-0.3, -0.25) is 0 Å². The van der Waals surface area contributed by atoms with Crippen molar-refractivity contribution in [1.29, 1.82) is 0 Å². The van der Waals surface area contributed by atoms with Crippen molar-refractivity contribution < 1.29 is 9.18 Å². The van der Waals surface area contributed by atoms with Crippen LogP contribution in [0.5, 0.6) is 0 Å². The highest BCUT2D eigenvalue weighted by atomic mass is 35.5. The molecule has 1 saturated heterocycles. The summed E-state index contributed by atoms with van der Waals surface area (Å²) in [5.41, 5.74) is 1.67. The van der Waals surface area contributed by atoms with Crippen LogP contribution in [-0.2, 0) is 6.54 Å². The van der Waals surface area contributed by atoms with Crippen LogP contribution in [-0.4, -0.2) is 42.0 Å². The molecule has 1 heterocycles. The number of nitrogens with zero attached hydrogens (tertiary/aromatic N) is 2. The lowest BCUT2D eigenvalue weighted by molar-refractivity contribution is 0.125. The van der Waals surface area contributed by atoms with Gasteiger partial charge in [-0.1, -0.05) is 47.5 Å². The summed E-state index contributed by atoms with van der Waals surface area (Å²) in [6.07, 6.45) is 1.80. The first-order valence-electron chi connectivity index (χ1n) is 9.79. The largest absolute Gasteiger partial charge is 0.331 e. The molecule has 0 aromatic heterocycles. The molecule has 0 aliphatic carbocycles. The van der Waals surface area contributed by atoms with Crippen molar-refractivity contribution in [2.24, 2.45) is 0 Å². The van der Waals surface area contributed by atoms with Crippen molar-refractivity contribution in [3.8, 4) is 0 Å². The monoisotopic (exact) mass is 437 g/mol. The molecule has 0 bridgehead atoms. The van der Waals surface area contributed by atoms with E-state index >= 15 is 0 Å². The number of carbonyl (C=O) groups is 1. The van der Waals surface area contributed by atoms with Crippen LogP contribution < -0.4 is 5.32 Å². The van der Waals surface area contributed by atoms with Gasteiger partial charge in [-0.2, -0.15) is 0 Å². The van der Waals surface area contributed by atoms with Crippen molar-refractivity contribution in [3.05, 3.63) is 69.5 Å². The lowest BCUT2D eigenvalue weighted by Gasteiger charge is -2.38. The molecule has 0 saturated carbocycles. The molecule has 4 nitrogen and oxygen atoms in total. The molecule has 2 amide bonds. The van der Waals surface area contributed by atoms with Gasteiger partial charge < -0.3 is 15.1 Å². The van der Waals surface area contributed by atoms with E-state index in [4.69, 9.17) is 23.2 Å². The summed E-state index contributed by atoms with van der Waals surface area (Å²) >= 11 is 12.4. The highest BCUT2D eigenvalue weighted by Gasteiger charge is 2.28. The lowest BCUT2D eigenvalue weighted by Crippen LogP contribution is -2.50. The highest BCUT2D eigenvalue weighted by Crippen LogP contribution is 2.30. The topological polar surface area (TPSA) is 35.6 Å². The van der Waals surface area contributed by atoms with Gasteiger partial charge in [0.1, 0.15) is 5.82 Å². The van der Waals surface area contributed by atoms with E-state index in [1.807, 2.05) is 24.0 Å². The summed E-state index contributed by atoms with van der Waals surface area (Å²) in [4.78, 5) is 17.3. The molecule has 1 aliphatic heterocycles. The fourth-order valence-electron chi connectivity index (χ4n) is 3.66. The normalized spacial score (nSPS) is 16.4. The number of nitrogens with one attached hydrogen (secondary N) is 1. The second kappa shape index (κ2) is 9.79. The number of hydrogen-bond donors (Lipinski definition) is 1. The Balaban J connectivity index is 1.77. The van der Waals surface area contributed by atoms with Crippen LogP contribution in [0.2, 0.25) is 10.0 Å². The van der Waals surface area contributed by atoms with Crippen molar-refractivity contribution in [1.82, 2.24) is 15.1 Å². The number of halogens is 3. The third-order valence-electron chi connectivity index (χ3n) is 5.44. The molecule has 2 aromatic carbocycles. The molecule has 3 rings (SSSR count). The van der Waals surface area contributed by atoms with Crippen molar-refractivity contribution in [2.45, 2.75) is 38.4 Å². The fourth-order valence-corrected chi connectivity index (χ4v) is 4.13. The van der Waals surface area contributed by atoms with E-state index in [0.717, 1.165) is 37.1 Å². The van der Waals surface area contributed by atoms with Gasteiger partial charge in [-0.25, -0.2) is 9.18 Å². The molecule has 1 atom stereocenters. The molecule has 2 aromatic rings. The number of urea groups is 1. The maximum absolute atomic E-state index is 13.3. The molecule has 1 N–H and O–H groups in total. The zero-order valence-corrected chi connectivity index (χ0v) is 18.2. The minimum atomic E-state index is -0.296. The summed E-state index contributed by atoms with van der Waals surface area (Å²) in [6.45, 7) is 4.19. The summed E-state index contributed by atoms with van der Waals surface area (Å²) < 4.78 is 13.3. The Bertz CT molecular complexity index is 838. The number of carbonyl (C=O) groups excluding carboxylic acids is 1. The first-order valence-corrected chi connectivity index (χ1v) is 10.5. The minimum absolute atomic E-state index is 0.123. The number of amides is 2. The van der Waals surface area contributed by atoms with E-state index in [2.05, 4.69) is 17.3 Å². The van der Waals surface area contributed by atoms with Crippen LogP contribution in [0, 0.1) is 5.82 Å². The molecule has 29 heavy (non-hydrogen) atoms. The summed E-state index contributed by atoms with van der Waals surface area (Å²) in [5, 5.41) is 3.97. The zero-order valence-electron chi connectivity index (χ0n) is 16.7. The Hall–Kier alpha value is -1.82. The SMILES string of the molecule is CC(NC(=O)N(Cc1ccc(F)cc1)C1CCN(C)CC1)c1cccc(Cl)c1Cl. The predicted molar refractivity (Wildman–Crippen MR) is 116 cm³/mol. The Morgan fingerprint density at radius 2 is 1.86 bits per heavy atom. The first kappa shape index (κ1) is 21.9. The van der Waals surface area contributed by atoms with Crippen LogP contribution in [0.1, 0.15) is 36.9 Å².